The summed E-state index contributed by atoms with van der Waals surface area (Å²) in [4.78, 5) is 4.02. The first-order chi connectivity index (χ1) is 7.62. The Morgan fingerprint density at radius 2 is 1.94 bits per heavy atom. The van der Waals surface area contributed by atoms with Crippen LogP contribution in [0.3, 0.4) is 0 Å². The zero-order chi connectivity index (χ0) is 11.6. The van der Waals surface area contributed by atoms with E-state index in [-0.39, 0.29) is 0 Å². The van der Waals surface area contributed by atoms with Crippen molar-refractivity contribution < 1.29 is 5.11 Å². The molecular weight excluding hydrogens is 200 g/mol. The van der Waals surface area contributed by atoms with Gasteiger partial charge in [-0.15, -0.1) is 0 Å². The summed E-state index contributed by atoms with van der Waals surface area (Å²) in [5, 5.41) is 10.4. The first-order valence-corrected chi connectivity index (χ1v) is 5.34. The third-order valence-electron chi connectivity index (χ3n) is 2.95. The van der Waals surface area contributed by atoms with Gasteiger partial charge in [0.15, 0.2) is 0 Å². The lowest BCUT2D eigenvalue weighted by Crippen LogP contribution is -2.32. The van der Waals surface area contributed by atoms with E-state index in [4.69, 9.17) is 0 Å². The first-order valence-electron chi connectivity index (χ1n) is 5.34. The molecule has 1 aromatic heterocycles. The summed E-state index contributed by atoms with van der Waals surface area (Å²) in [6.45, 7) is 3.98. The fraction of sp³-hybridized carbons (Fsp3) is 0.308. The van der Waals surface area contributed by atoms with Gasteiger partial charge in [-0.25, -0.2) is 4.98 Å². The van der Waals surface area contributed by atoms with Crippen molar-refractivity contribution in [2.75, 3.05) is 0 Å². The van der Waals surface area contributed by atoms with Crippen LogP contribution in [0, 0.1) is 0 Å². The van der Waals surface area contributed by atoms with E-state index in [2.05, 4.69) is 4.98 Å². The number of aliphatic hydroxyl groups excluding tert-OH is 1. The predicted octanol–water partition coefficient (Wildman–Crippen LogP) is 2.35. The van der Waals surface area contributed by atoms with E-state index in [0.717, 1.165) is 5.56 Å². The van der Waals surface area contributed by atoms with Crippen LogP contribution in [0.5, 0.6) is 0 Å². The second-order valence-electron chi connectivity index (χ2n) is 4.44. The summed E-state index contributed by atoms with van der Waals surface area (Å²) in [7, 11) is 0. The summed E-state index contributed by atoms with van der Waals surface area (Å²) in [6, 6.07) is 9.68. The molecule has 0 radical (unpaired) electrons. The lowest BCUT2D eigenvalue weighted by Gasteiger charge is -2.32. The van der Waals surface area contributed by atoms with Gasteiger partial charge >= 0.3 is 0 Å². The Hall–Kier alpha value is -1.61. The van der Waals surface area contributed by atoms with Gasteiger partial charge in [-0.1, -0.05) is 30.3 Å². The standard InChI is InChI=1S/C13H16N2O/c1-13(2,15-9-8-14-10-15)12(16)11-6-4-3-5-7-11/h3-10,12,16H,1-2H3/t12-/m0/s1. The van der Waals surface area contributed by atoms with E-state index in [1.165, 1.54) is 0 Å². The third kappa shape index (κ3) is 1.86. The fourth-order valence-corrected chi connectivity index (χ4v) is 1.78. The molecule has 0 saturated carbocycles. The largest absolute Gasteiger partial charge is 0.386 e. The average molecular weight is 216 g/mol. The smallest absolute Gasteiger partial charge is 0.102 e. The maximum atomic E-state index is 10.4. The van der Waals surface area contributed by atoms with Crippen molar-refractivity contribution in [3.8, 4) is 0 Å². The molecule has 0 aliphatic rings. The molecule has 2 rings (SSSR count). The van der Waals surface area contributed by atoms with Crippen molar-refractivity contribution in [3.05, 3.63) is 54.6 Å². The molecule has 3 nitrogen and oxygen atoms in total. The zero-order valence-electron chi connectivity index (χ0n) is 9.54. The Labute approximate surface area is 95.4 Å². The summed E-state index contributed by atoms with van der Waals surface area (Å²) in [5.74, 6) is 0. The van der Waals surface area contributed by atoms with E-state index in [0.29, 0.717) is 0 Å². The van der Waals surface area contributed by atoms with Crippen molar-refractivity contribution in [2.24, 2.45) is 0 Å². The molecule has 0 fully saturated rings. The van der Waals surface area contributed by atoms with E-state index in [9.17, 15) is 5.11 Å². The number of rotatable bonds is 3. The minimum absolute atomic E-state index is 0.405. The average Bonchev–Trinajstić information content (AvgIpc) is 2.83. The fourth-order valence-electron chi connectivity index (χ4n) is 1.78. The molecule has 1 heterocycles. The molecule has 0 aliphatic heterocycles. The molecular formula is C13H16N2O. The number of aliphatic hydroxyl groups is 1. The van der Waals surface area contributed by atoms with Gasteiger partial charge in [0.1, 0.15) is 6.10 Å². The Morgan fingerprint density at radius 1 is 1.25 bits per heavy atom. The van der Waals surface area contributed by atoms with Gasteiger partial charge in [0.2, 0.25) is 0 Å². The molecule has 3 heteroatoms. The highest BCUT2D eigenvalue weighted by Crippen LogP contribution is 2.31. The molecule has 0 bridgehead atoms. The number of benzene rings is 1. The van der Waals surface area contributed by atoms with E-state index in [1.54, 1.807) is 12.5 Å². The third-order valence-corrected chi connectivity index (χ3v) is 2.95. The van der Waals surface area contributed by atoms with E-state index in [1.807, 2.05) is 54.9 Å². The molecule has 0 amide bonds. The number of hydrogen-bond donors (Lipinski definition) is 1. The van der Waals surface area contributed by atoms with Crippen LogP contribution < -0.4 is 0 Å². The van der Waals surface area contributed by atoms with Crippen LogP contribution >= 0.6 is 0 Å². The first kappa shape index (κ1) is 10.9. The Kier molecular flexibility index (Phi) is 2.79. The molecule has 0 spiro atoms. The number of imidazole rings is 1. The second kappa shape index (κ2) is 4.10. The van der Waals surface area contributed by atoms with Crippen LogP contribution in [0.1, 0.15) is 25.5 Å². The van der Waals surface area contributed by atoms with Crippen LogP contribution in [0.4, 0.5) is 0 Å². The Morgan fingerprint density at radius 3 is 2.50 bits per heavy atom. The van der Waals surface area contributed by atoms with Crippen molar-refractivity contribution in [2.45, 2.75) is 25.5 Å². The zero-order valence-corrected chi connectivity index (χ0v) is 9.54. The molecule has 0 saturated heterocycles. The SMILES string of the molecule is CC(C)([C@@H](O)c1ccccc1)n1ccnc1. The van der Waals surface area contributed by atoms with Crippen molar-refractivity contribution in [3.63, 3.8) is 0 Å². The molecule has 1 N–H and O–H groups in total. The lowest BCUT2D eigenvalue weighted by atomic mass is 9.91. The monoisotopic (exact) mass is 216 g/mol. The van der Waals surface area contributed by atoms with Crippen molar-refractivity contribution in [1.29, 1.82) is 0 Å². The molecule has 2 aromatic rings. The minimum atomic E-state index is -0.553. The minimum Gasteiger partial charge on any atom is -0.386 e. The molecule has 16 heavy (non-hydrogen) atoms. The van der Waals surface area contributed by atoms with Gasteiger partial charge in [0.25, 0.3) is 0 Å². The highest BCUT2D eigenvalue weighted by Gasteiger charge is 2.30. The highest BCUT2D eigenvalue weighted by molar-refractivity contribution is 5.20. The van der Waals surface area contributed by atoms with Crippen LogP contribution in [-0.4, -0.2) is 14.7 Å². The summed E-state index contributed by atoms with van der Waals surface area (Å²) < 4.78 is 1.92. The second-order valence-corrected chi connectivity index (χ2v) is 4.44. The number of hydrogen-bond acceptors (Lipinski definition) is 2. The topological polar surface area (TPSA) is 38.0 Å². The van der Waals surface area contributed by atoms with Gasteiger partial charge in [0.05, 0.1) is 11.9 Å². The predicted molar refractivity (Wildman–Crippen MR) is 63.0 cm³/mol. The molecule has 1 aromatic carbocycles. The van der Waals surface area contributed by atoms with Crippen LogP contribution in [-0.2, 0) is 5.54 Å². The summed E-state index contributed by atoms with van der Waals surface area (Å²) >= 11 is 0. The number of nitrogens with zero attached hydrogens (tertiary/aromatic N) is 2. The van der Waals surface area contributed by atoms with Gasteiger partial charge in [-0.3, -0.25) is 0 Å². The van der Waals surface area contributed by atoms with Crippen LogP contribution in [0.2, 0.25) is 0 Å². The van der Waals surface area contributed by atoms with Gasteiger partial charge in [-0.2, -0.15) is 0 Å². The molecule has 84 valence electrons. The Bertz CT molecular complexity index is 434. The normalized spacial score (nSPS) is 13.7. The molecule has 1 atom stereocenters. The van der Waals surface area contributed by atoms with Crippen LogP contribution in [0.25, 0.3) is 0 Å². The van der Waals surface area contributed by atoms with Gasteiger partial charge in [-0.05, 0) is 19.4 Å². The van der Waals surface area contributed by atoms with E-state index < -0.39 is 11.6 Å². The molecule has 0 unspecified atom stereocenters. The number of aromatic nitrogens is 2. The highest BCUT2D eigenvalue weighted by atomic mass is 16.3. The summed E-state index contributed by atoms with van der Waals surface area (Å²) in [5.41, 5.74) is 0.513. The van der Waals surface area contributed by atoms with E-state index >= 15 is 0 Å². The quantitative estimate of drug-likeness (QED) is 0.855. The Balaban J connectivity index is 2.31. The summed E-state index contributed by atoms with van der Waals surface area (Å²) in [6.07, 6.45) is 4.76. The van der Waals surface area contributed by atoms with Crippen LogP contribution in [0.15, 0.2) is 49.1 Å². The van der Waals surface area contributed by atoms with Crippen molar-refractivity contribution >= 4 is 0 Å². The molecule has 0 aliphatic carbocycles. The van der Waals surface area contributed by atoms with Crippen molar-refractivity contribution in [1.82, 2.24) is 9.55 Å². The lowest BCUT2D eigenvalue weighted by molar-refractivity contribution is 0.0566. The van der Waals surface area contributed by atoms with Gasteiger partial charge in [0, 0.05) is 12.4 Å². The maximum Gasteiger partial charge on any atom is 0.102 e. The van der Waals surface area contributed by atoms with Gasteiger partial charge < -0.3 is 9.67 Å². The maximum absolute atomic E-state index is 10.4.